The van der Waals surface area contributed by atoms with Gasteiger partial charge in [-0.15, -0.1) is 0 Å². The van der Waals surface area contributed by atoms with Crippen LogP contribution < -0.4 is 0 Å². The van der Waals surface area contributed by atoms with Crippen molar-refractivity contribution in [3.63, 3.8) is 0 Å². The van der Waals surface area contributed by atoms with Crippen LogP contribution in [0, 0.1) is 0 Å². The minimum Gasteiger partial charge on any atom is -0.187 e. The average Bonchev–Trinajstić information content (AvgIpc) is 2.62. The molecular formula is C25H34N2. The number of aliphatic imine (C=N–C) groups is 2. The maximum Gasteiger partial charge on any atom is 0.101 e. The lowest BCUT2D eigenvalue weighted by Gasteiger charge is -2.15. The molecule has 2 aromatic carbocycles. The Morgan fingerprint density at radius 2 is 1.15 bits per heavy atom. The Hall–Kier alpha value is -2.18. The van der Waals surface area contributed by atoms with Gasteiger partial charge in [0.25, 0.3) is 0 Å². The van der Waals surface area contributed by atoms with E-state index in [-0.39, 0.29) is 0 Å². The summed E-state index contributed by atoms with van der Waals surface area (Å²) in [5, 5.41) is 0. The predicted octanol–water partition coefficient (Wildman–Crippen LogP) is 8.15. The Bertz CT molecular complexity index is 796. The number of hydrogen-bond acceptors (Lipinski definition) is 2. The zero-order valence-electron chi connectivity index (χ0n) is 18.0. The van der Waals surface area contributed by atoms with Crippen LogP contribution in [0.3, 0.4) is 0 Å². The Morgan fingerprint density at radius 1 is 0.704 bits per heavy atom. The minimum atomic E-state index is 0.419. The first-order valence-corrected chi connectivity index (χ1v) is 10.3. The molecule has 0 aliphatic heterocycles. The van der Waals surface area contributed by atoms with Gasteiger partial charge in [-0.05, 0) is 46.4 Å². The van der Waals surface area contributed by atoms with Gasteiger partial charge in [0.15, 0.2) is 0 Å². The molecule has 0 aromatic heterocycles. The molecule has 2 nitrogen and oxygen atoms in total. The summed E-state index contributed by atoms with van der Waals surface area (Å²) < 4.78 is 0. The maximum absolute atomic E-state index is 4.73. The molecular weight excluding hydrogens is 328 g/mol. The van der Waals surface area contributed by atoms with Crippen LogP contribution in [0.2, 0.25) is 0 Å². The fourth-order valence-corrected chi connectivity index (χ4v) is 3.45. The fraction of sp³-hybridized carbons (Fsp3) is 0.480. The summed E-state index contributed by atoms with van der Waals surface area (Å²) in [6, 6.07) is 16.0. The van der Waals surface area contributed by atoms with Crippen molar-refractivity contribution in [1.82, 2.24) is 0 Å². The van der Waals surface area contributed by atoms with E-state index < -0.39 is 0 Å². The van der Waals surface area contributed by atoms with Crippen molar-refractivity contribution in [2.24, 2.45) is 9.98 Å². The highest BCUT2D eigenvalue weighted by atomic mass is 14.8. The molecule has 0 aliphatic rings. The van der Waals surface area contributed by atoms with Crippen molar-refractivity contribution in [3.05, 3.63) is 58.7 Å². The summed E-state index contributed by atoms with van der Waals surface area (Å²) in [5.41, 5.74) is 7.15. The minimum absolute atomic E-state index is 0.419. The zero-order valence-corrected chi connectivity index (χ0v) is 18.0. The van der Waals surface area contributed by atoms with Gasteiger partial charge in [-0.25, -0.2) is 0 Å². The van der Waals surface area contributed by atoms with Crippen molar-refractivity contribution in [2.45, 2.75) is 79.1 Å². The summed E-state index contributed by atoms with van der Waals surface area (Å²) >= 11 is 0. The van der Waals surface area contributed by atoms with E-state index in [2.05, 4.69) is 90.9 Å². The van der Waals surface area contributed by atoms with Gasteiger partial charge in [-0.3, -0.25) is 0 Å². The highest BCUT2D eigenvalue weighted by Gasteiger charge is 2.13. The van der Waals surface area contributed by atoms with Crippen LogP contribution in [0.5, 0.6) is 0 Å². The smallest absolute Gasteiger partial charge is 0.101 e. The van der Waals surface area contributed by atoms with E-state index in [9.17, 15) is 0 Å². The number of aryl methyl sites for hydroxylation is 1. The molecule has 144 valence electrons. The Labute approximate surface area is 165 Å². The van der Waals surface area contributed by atoms with E-state index in [0.717, 1.165) is 24.2 Å². The van der Waals surface area contributed by atoms with Crippen LogP contribution in [-0.4, -0.2) is 6.01 Å². The molecule has 2 rings (SSSR count). The molecule has 0 atom stereocenters. The van der Waals surface area contributed by atoms with Gasteiger partial charge < -0.3 is 0 Å². The van der Waals surface area contributed by atoms with Crippen molar-refractivity contribution in [3.8, 4) is 0 Å². The molecule has 2 aromatic rings. The number of para-hydroxylation sites is 2. The van der Waals surface area contributed by atoms with E-state index in [4.69, 9.17) is 9.98 Å². The predicted molar refractivity (Wildman–Crippen MR) is 118 cm³/mol. The third-order valence-corrected chi connectivity index (χ3v) is 4.96. The lowest BCUT2D eigenvalue weighted by molar-refractivity contribution is 0.835. The van der Waals surface area contributed by atoms with E-state index >= 15 is 0 Å². The molecule has 0 saturated heterocycles. The van der Waals surface area contributed by atoms with Crippen LogP contribution in [0.4, 0.5) is 11.4 Å². The zero-order chi connectivity index (χ0) is 20.0. The standard InChI is InChI=1S/C25H34N2/c1-8-11-20-12-9-13-21(17(2)3)24(20)26-16-27-25-22(18(4)5)14-10-15-23(25)19(6)7/h9-10,12-15,17-19H,8,11H2,1-7H3. The van der Waals surface area contributed by atoms with Gasteiger partial charge in [0, 0.05) is 0 Å². The summed E-state index contributed by atoms with van der Waals surface area (Å²) in [4.78, 5) is 9.45. The molecule has 27 heavy (non-hydrogen) atoms. The summed E-state index contributed by atoms with van der Waals surface area (Å²) in [7, 11) is 0. The molecule has 0 amide bonds. The van der Waals surface area contributed by atoms with E-state index in [1.807, 2.05) is 0 Å². The van der Waals surface area contributed by atoms with Crippen molar-refractivity contribution >= 4 is 17.4 Å². The summed E-state index contributed by atoms with van der Waals surface area (Å²) in [6.07, 6.45) is 2.13. The van der Waals surface area contributed by atoms with Gasteiger partial charge in [0.05, 0.1) is 11.4 Å². The van der Waals surface area contributed by atoms with Crippen LogP contribution in [-0.2, 0) is 6.42 Å². The average molecular weight is 363 g/mol. The van der Waals surface area contributed by atoms with Gasteiger partial charge in [0.2, 0.25) is 0 Å². The number of hydrogen-bond donors (Lipinski definition) is 0. The number of nitrogens with zero attached hydrogens (tertiary/aromatic N) is 2. The first kappa shape index (κ1) is 21.1. The third-order valence-electron chi connectivity index (χ3n) is 4.96. The van der Waals surface area contributed by atoms with Crippen LogP contribution in [0.25, 0.3) is 0 Å². The van der Waals surface area contributed by atoms with Crippen LogP contribution in [0.15, 0.2) is 46.4 Å². The summed E-state index contributed by atoms with van der Waals surface area (Å²) in [6.45, 7) is 15.5. The van der Waals surface area contributed by atoms with Gasteiger partial charge in [-0.1, -0.05) is 91.3 Å². The monoisotopic (exact) mass is 362 g/mol. The molecule has 0 fully saturated rings. The van der Waals surface area contributed by atoms with Crippen LogP contribution in [0.1, 0.15) is 94.9 Å². The van der Waals surface area contributed by atoms with Crippen LogP contribution >= 0.6 is 0 Å². The maximum atomic E-state index is 4.73. The van der Waals surface area contributed by atoms with Gasteiger partial charge >= 0.3 is 0 Å². The molecule has 0 aliphatic carbocycles. The van der Waals surface area contributed by atoms with Gasteiger partial charge in [0.1, 0.15) is 6.01 Å². The topological polar surface area (TPSA) is 24.7 Å². The molecule has 2 heteroatoms. The Kier molecular flexibility index (Phi) is 7.56. The third kappa shape index (κ3) is 5.17. The molecule has 0 radical (unpaired) electrons. The largest absolute Gasteiger partial charge is 0.187 e. The second-order valence-electron chi connectivity index (χ2n) is 8.18. The van der Waals surface area contributed by atoms with Crippen molar-refractivity contribution < 1.29 is 0 Å². The van der Waals surface area contributed by atoms with Crippen molar-refractivity contribution in [2.75, 3.05) is 0 Å². The lowest BCUT2D eigenvalue weighted by Crippen LogP contribution is -1.95. The number of benzene rings is 2. The molecule has 0 N–H and O–H groups in total. The molecule has 0 heterocycles. The Balaban J connectivity index is 2.58. The molecule has 0 saturated carbocycles. The number of rotatable bonds is 7. The first-order valence-electron chi connectivity index (χ1n) is 10.3. The second kappa shape index (κ2) is 9.67. The lowest BCUT2D eigenvalue weighted by atomic mass is 9.93. The molecule has 0 unspecified atom stereocenters. The van der Waals surface area contributed by atoms with E-state index in [1.165, 1.54) is 22.3 Å². The Morgan fingerprint density at radius 3 is 1.63 bits per heavy atom. The fourth-order valence-electron chi connectivity index (χ4n) is 3.45. The quantitative estimate of drug-likeness (QED) is 0.444. The summed E-state index contributed by atoms with van der Waals surface area (Å²) in [5.74, 6) is 1.27. The normalized spacial score (nSPS) is 11.2. The van der Waals surface area contributed by atoms with E-state index in [1.54, 1.807) is 0 Å². The van der Waals surface area contributed by atoms with E-state index in [0.29, 0.717) is 17.8 Å². The van der Waals surface area contributed by atoms with Gasteiger partial charge in [-0.2, -0.15) is 9.98 Å². The highest BCUT2D eigenvalue weighted by molar-refractivity contribution is 5.66. The molecule has 0 bridgehead atoms. The second-order valence-corrected chi connectivity index (χ2v) is 8.18. The SMILES string of the molecule is CCCc1cccc(C(C)C)c1N=C=Nc1c(C(C)C)cccc1C(C)C. The first-order chi connectivity index (χ1) is 12.9. The highest BCUT2D eigenvalue weighted by Crippen LogP contribution is 2.35. The molecule has 0 spiro atoms. The van der Waals surface area contributed by atoms with Crippen molar-refractivity contribution in [1.29, 1.82) is 0 Å².